The molecule has 25 heavy (non-hydrogen) atoms. The third kappa shape index (κ3) is 3.68. The van der Waals surface area contributed by atoms with Crippen LogP contribution in [0.3, 0.4) is 0 Å². The van der Waals surface area contributed by atoms with Crippen LogP contribution in [-0.2, 0) is 6.42 Å². The Morgan fingerprint density at radius 2 is 1.72 bits per heavy atom. The summed E-state index contributed by atoms with van der Waals surface area (Å²) in [4.78, 5) is 2.48. The van der Waals surface area contributed by atoms with Gasteiger partial charge in [0.1, 0.15) is 12.4 Å². The van der Waals surface area contributed by atoms with Gasteiger partial charge in [-0.1, -0.05) is 49.6 Å². The van der Waals surface area contributed by atoms with Crippen LogP contribution in [0.2, 0.25) is 0 Å². The molecule has 0 bridgehead atoms. The fourth-order valence-corrected chi connectivity index (χ4v) is 4.50. The molecule has 2 nitrogen and oxygen atoms in total. The van der Waals surface area contributed by atoms with Crippen LogP contribution >= 0.6 is 0 Å². The summed E-state index contributed by atoms with van der Waals surface area (Å²) in [7, 11) is 0. The van der Waals surface area contributed by atoms with E-state index in [1.54, 1.807) is 0 Å². The molecule has 0 saturated heterocycles. The van der Waals surface area contributed by atoms with Crippen molar-refractivity contribution >= 4 is 5.69 Å². The van der Waals surface area contributed by atoms with Gasteiger partial charge in [-0.3, -0.25) is 0 Å². The van der Waals surface area contributed by atoms with Crippen LogP contribution in [0.5, 0.6) is 5.75 Å². The molecule has 132 valence electrons. The number of hydrogen-bond acceptors (Lipinski definition) is 2. The number of fused-ring (bicyclic) bond motifs is 1. The second-order valence-corrected chi connectivity index (χ2v) is 7.63. The first kappa shape index (κ1) is 16.5. The Morgan fingerprint density at radius 3 is 2.52 bits per heavy atom. The Labute approximate surface area is 151 Å². The van der Waals surface area contributed by atoms with E-state index in [9.17, 15) is 0 Å². The van der Waals surface area contributed by atoms with Gasteiger partial charge in [0, 0.05) is 11.7 Å². The van der Waals surface area contributed by atoms with Crippen molar-refractivity contribution in [2.75, 3.05) is 18.1 Å². The highest BCUT2D eigenvalue weighted by atomic mass is 16.5. The highest BCUT2D eigenvalue weighted by molar-refractivity contribution is 5.59. The van der Waals surface area contributed by atoms with Gasteiger partial charge in [-0.25, -0.2) is 0 Å². The van der Waals surface area contributed by atoms with Crippen LogP contribution in [-0.4, -0.2) is 19.2 Å². The van der Waals surface area contributed by atoms with Gasteiger partial charge in [0.05, 0.1) is 6.54 Å². The van der Waals surface area contributed by atoms with Gasteiger partial charge in [0.2, 0.25) is 0 Å². The van der Waals surface area contributed by atoms with Crippen LogP contribution in [0.25, 0.3) is 0 Å². The van der Waals surface area contributed by atoms with Crippen molar-refractivity contribution in [1.29, 1.82) is 0 Å². The van der Waals surface area contributed by atoms with E-state index >= 15 is 0 Å². The second-order valence-electron chi connectivity index (χ2n) is 7.63. The predicted octanol–water partition coefficient (Wildman–Crippen LogP) is 5.56. The van der Waals surface area contributed by atoms with Crippen LogP contribution in [0.1, 0.15) is 56.1 Å². The summed E-state index contributed by atoms with van der Waals surface area (Å²) in [6.45, 7) is 3.99. The van der Waals surface area contributed by atoms with Crippen molar-refractivity contribution in [2.24, 2.45) is 0 Å². The zero-order valence-corrected chi connectivity index (χ0v) is 15.3. The highest BCUT2D eigenvalue weighted by Crippen LogP contribution is 2.33. The van der Waals surface area contributed by atoms with Crippen LogP contribution in [0.4, 0.5) is 5.69 Å². The second kappa shape index (κ2) is 7.51. The first-order valence-electron chi connectivity index (χ1n) is 9.88. The van der Waals surface area contributed by atoms with Gasteiger partial charge in [-0.15, -0.1) is 0 Å². The maximum atomic E-state index is 6.03. The van der Waals surface area contributed by atoms with Crippen molar-refractivity contribution < 1.29 is 4.74 Å². The van der Waals surface area contributed by atoms with Gasteiger partial charge in [0.25, 0.3) is 0 Å². The number of benzene rings is 2. The SMILES string of the molecule is CC1Cc2ccccc2N1CCOc1ccc(C2CCCCC2)cc1. The van der Waals surface area contributed by atoms with Gasteiger partial charge >= 0.3 is 0 Å². The van der Waals surface area contributed by atoms with E-state index in [0.29, 0.717) is 6.04 Å². The monoisotopic (exact) mass is 335 g/mol. The zero-order valence-electron chi connectivity index (χ0n) is 15.3. The van der Waals surface area contributed by atoms with Crippen molar-refractivity contribution in [1.82, 2.24) is 0 Å². The normalized spacial score (nSPS) is 20.5. The van der Waals surface area contributed by atoms with Crippen LogP contribution < -0.4 is 9.64 Å². The Balaban J connectivity index is 1.31. The van der Waals surface area contributed by atoms with E-state index in [4.69, 9.17) is 4.74 Å². The number of nitrogens with zero attached hydrogens (tertiary/aromatic N) is 1. The van der Waals surface area contributed by atoms with Gasteiger partial charge in [-0.2, -0.15) is 0 Å². The average molecular weight is 335 g/mol. The molecule has 0 spiro atoms. The van der Waals surface area contributed by atoms with Gasteiger partial charge in [-0.05, 0) is 61.4 Å². The number of rotatable bonds is 5. The molecule has 1 aliphatic carbocycles. The summed E-state index contributed by atoms with van der Waals surface area (Å²) in [5.41, 5.74) is 4.34. The molecule has 2 aliphatic rings. The molecular weight excluding hydrogens is 306 g/mol. The third-order valence-corrected chi connectivity index (χ3v) is 5.91. The Morgan fingerprint density at radius 1 is 0.960 bits per heavy atom. The van der Waals surface area contributed by atoms with E-state index in [-0.39, 0.29) is 0 Å². The fourth-order valence-electron chi connectivity index (χ4n) is 4.50. The largest absolute Gasteiger partial charge is 0.492 e. The molecule has 1 fully saturated rings. The van der Waals surface area contributed by atoms with Crippen molar-refractivity contribution in [3.8, 4) is 5.75 Å². The summed E-state index contributed by atoms with van der Waals surface area (Å²) in [6, 6.07) is 18.2. The van der Waals surface area contributed by atoms with Crippen molar-refractivity contribution in [3.05, 3.63) is 59.7 Å². The molecule has 1 heterocycles. The quantitative estimate of drug-likeness (QED) is 0.709. The minimum atomic E-state index is 0.565. The van der Waals surface area contributed by atoms with E-state index < -0.39 is 0 Å². The predicted molar refractivity (Wildman–Crippen MR) is 105 cm³/mol. The first-order valence-corrected chi connectivity index (χ1v) is 9.88. The Bertz CT molecular complexity index is 687. The molecule has 0 aromatic heterocycles. The molecule has 4 rings (SSSR count). The summed E-state index contributed by atoms with van der Waals surface area (Å²) in [5, 5.41) is 0. The maximum absolute atomic E-state index is 6.03. The van der Waals surface area contributed by atoms with Gasteiger partial charge in [0.15, 0.2) is 0 Å². The molecule has 1 saturated carbocycles. The molecule has 1 unspecified atom stereocenters. The van der Waals surface area contributed by atoms with E-state index in [0.717, 1.165) is 31.2 Å². The standard InChI is InChI=1S/C23H29NO/c1-18-17-21-9-5-6-10-23(21)24(18)15-16-25-22-13-11-20(12-14-22)19-7-3-2-4-8-19/h5-6,9-14,18-19H,2-4,7-8,15-17H2,1H3. The Kier molecular flexibility index (Phi) is 4.96. The Hall–Kier alpha value is -1.96. The molecule has 2 heteroatoms. The molecule has 0 amide bonds. The van der Waals surface area contributed by atoms with E-state index in [1.807, 2.05) is 0 Å². The lowest BCUT2D eigenvalue weighted by atomic mass is 9.84. The molecule has 2 aromatic rings. The zero-order chi connectivity index (χ0) is 17.1. The van der Waals surface area contributed by atoms with E-state index in [1.165, 1.54) is 48.9 Å². The van der Waals surface area contributed by atoms with Gasteiger partial charge < -0.3 is 9.64 Å². The van der Waals surface area contributed by atoms with E-state index in [2.05, 4.69) is 60.4 Å². The lowest BCUT2D eigenvalue weighted by Crippen LogP contribution is -2.33. The smallest absolute Gasteiger partial charge is 0.119 e. The number of ether oxygens (including phenoxy) is 1. The average Bonchev–Trinajstić information content (AvgIpc) is 2.99. The molecule has 0 N–H and O–H groups in total. The van der Waals surface area contributed by atoms with Crippen LogP contribution in [0, 0.1) is 0 Å². The maximum Gasteiger partial charge on any atom is 0.119 e. The lowest BCUT2D eigenvalue weighted by molar-refractivity contribution is 0.321. The molecule has 2 aromatic carbocycles. The first-order chi connectivity index (χ1) is 12.3. The number of para-hydroxylation sites is 1. The molecular formula is C23H29NO. The third-order valence-electron chi connectivity index (χ3n) is 5.91. The molecule has 1 atom stereocenters. The highest BCUT2D eigenvalue weighted by Gasteiger charge is 2.25. The minimum Gasteiger partial charge on any atom is -0.492 e. The summed E-state index contributed by atoms with van der Waals surface area (Å²) >= 11 is 0. The fraction of sp³-hybridized carbons (Fsp3) is 0.478. The minimum absolute atomic E-state index is 0.565. The summed E-state index contributed by atoms with van der Waals surface area (Å²) < 4.78 is 6.03. The molecule has 0 radical (unpaired) electrons. The molecule has 1 aliphatic heterocycles. The number of hydrogen-bond donors (Lipinski definition) is 0. The van der Waals surface area contributed by atoms with Crippen molar-refractivity contribution in [3.63, 3.8) is 0 Å². The summed E-state index contributed by atoms with van der Waals surface area (Å²) in [5.74, 6) is 1.77. The number of anilines is 1. The van der Waals surface area contributed by atoms with Crippen molar-refractivity contribution in [2.45, 2.75) is 57.4 Å². The lowest BCUT2D eigenvalue weighted by Gasteiger charge is -2.25. The summed E-state index contributed by atoms with van der Waals surface area (Å²) in [6.07, 6.45) is 8.04. The topological polar surface area (TPSA) is 12.5 Å². The van der Waals surface area contributed by atoms with Crippen LogP contribution in [0.15, 0.2) is 48.5 Å².